The van der Waals surface area contributed by atoms with E-state index in [1.807, 2.05) is 18.2 Å². The highest BCUT2D eigenvalue weighted by Gasteiger charge is 2.25. The summed E-state index contributed by atoms with van der Waals surface area (Å²) in [6.07, 6.45) is 0.449. The van der Waals surface area contributed by atoms with Crippen molar-refractivity contribution in [3.05, 3.63) is 29.8 Å². The number of ether oxygens (including phenoxy) is 1. The third-order valence-corrected chi connectivity index (χ3v) is 3.06. The van der Waals surface area contributed by atoms with Gasteiger partial charge in [0.05, 0.1) is 24.4 Å². The minimum Gasteiger partial charge on any atom is -0.453 e. The number of nitrogens with zero attached hydrogens (tertiary/aromatic N) is 2. The van der Waals surface area contributed by atoms with Crippen molar-refractivity contribution < 1.29 is 9.53 Å². The average molecular weight is 245 g/mol. The van der Waals surface area contributed by atoms with E-state index in [1.165, 1.54) is 7.11 Å². The molecule has 1 heterocycles. The lowest BCUT2D eigenvalue weighted by Gasteiger charge is -2.19. The molecule has 1 saturated heterocycles. The number of nitrogens with one attached hydrogen (secondary N) is 1. The van der Waals surface area contributed by atoms with Crippen LogP contribution in [0.3, 0.4) is 0 Å². The number of para-hydroxylation sites is 1. The molecule has 1 amide bonds. The van der Waals surface area contributed by atoms with Crippen molar-refractivity contribution in [1.29, 1.82) is 5.26 Å². The monoisotopic (exact) mass is 245 g/mol. The van der Waals surface area contributed by atoms with E-state index in [2.05, 4.69) is 21.0 Å². The Balaban J connectivity index is 2.05. The molecule has 5 nitrogen and oxygen atoms in total. The van der Waals surface area contributed by atoms with Gasteiger partial charge in [-0.3, -0.25) is 0 Å². The summed E-state index contributed by atoms with van der Waals surface area (Å²) in [6, 6.07) is 9.75. The molecular formula is C13H15N3O2. The summed E-state index contributed by atoms with van der Waals surface area (Å²) in [6.45, 7) is 1.53. The standard InChI is InChI=1S/C13H15N3O2/c1-18-13(17)15-11-6-7-16(9-11)12-5-3-2-4-10(12)8-14/h2-5,11H,6-7,9H2,1H3,(H,15,17). The molecule has 0 spiro atoms. The Kier molecular flexibility index (Phi) is 3.68. The van der Waals surface area contributed by atoms with Gasteiger partial charge in [-0.2, -0.15) is 5.26 Å². The van der Waals surface area contributed by atoms with E-state index in [4.69, 9.17) is 5.26 Å². The Morgan fingerprint density at radius 1 is 1.56 bits per heavy atom. The molecular weight excluding hydrogens is 230 g/mol. The van der Waals surface area contributed by atoms with Crippen LogP contribution in [-0.2, 0) is 4.74 Å². The van der Waals surface area contributed by atoms with Gasteiger partial charge in [0.2, 0.25) is 0 Å². The van der Waals surface area contributed by atoms with E-state index < -0.39 is 6.09 Å². The van der Waals surface area contributed by atoms with Crippen LogP contribution >= 0.6 is 0 Å². The highest BCUT2D eigenvalue weighted by atomic mass is 16.5. The van der Waals surface area contributed by atoms with Crippen LogP contribution in [0.25, 0.3) is 0 Å². The van der Waals surface area contributed by atoms with E-state index in [0.29, 0.717) is 12.1 Å². The zero-order chi connectivity index (χ0) is 13.0. The fourth-order valence-electron chi connectivity index (χ4n) is 2.17. The van der Waals surface area contributed by atoms with Crippen molar-refractivity contribution in [3.63, 3.8) is 0 Å². The lowest BCUT2D eigenvalue weighted by molar-refractivity contribution is 0.167. The second kappa shape index (κ2) is 5.41. The largest absolute Gasteiger partial charge is 0.453 e. The first-order valence-electron chi connectivity index (χ1n) is 5.83. The number of carbonyl (C=O) groups excluding carboxylic acids is 1. The lowest BCUT2D eigenvalue weighted by Crippen LogP contribution is -2.37. The van der Waals surface area contributed by atoms with Gasteiger partial charge in [0.1, 0.15) is 6.07 Å². The molecule has 1 aromatic carbocycles. The number of benzene rings is 1. The molecule has 0 bridgehead atoms. The Hall–Kier alpha value is -2.22. The molecule has 1 aliphatic heterocycles. The van der Waals surface area contributed by atoms with Gasteiger partial charge in [0.25, 0.3) is 0 Å². The third kappa shape index (κ3) is 2.54. The van der Waals surface area contributed by atoms with Crippen LogP contribution in [0.4, 0.5) is 10.5 Å². The fraction of sp³-hybridized carbons (Fsp3) is 0.385. The van der Waals surface area contributed by atoms with Crippen LogP contribution in [0.5, 0.6) is 0 Å². The molecule has 1 N–H and O–H groups in total. The smallest absolute Gasteiger partial charge is 0.407 e. The second-order valence-electron chi connectivity index (χ2n) is 4.20. The van der Waals surface area contributed by atoms with Crippen LogP contribution in [0, 0.1) is 11.3 Å². The van der Waals surface area contributed by atoms with Crippen LogP contribution in [0.15, 0.2) is 24.3 Å². The van der Waals surface area contributed by atoms with Crippen molar-refractivity contribution in [2.45, 2.75) is 12.5 Å². The van der Waals surface area contributed by atoms with Crippen molar-refractivity contribution in [3.8, 4) is 6.07 Å². The maximum absolute atomic E-state index is 11.1. The third-order valence-electron chi connectivity index (χ3n) is 3.06. The molecule has 94 valence electrons. The minimum atomic E-state index is -0.407. The lowest BCUT2D eigenvalue weighted by atomic mass is 10.2. The summed E-state index contributed by atoms with van der Waals surface area (Å²) in [5.41, 5.74) is 1.59. The molecule has 5 heteroatoms. The normalized spacial score (nSPS) is 18.2. The molecule has 18 heavy (non-hydrogen) atoms. The van der Waals surface area contributed by atoms with E-state index in [-0.39, 0.29) is 6.04 Å². The summed E-state index contributed by atoms with van der Waals surface area (Å²) >= 11 is 0. The molecule has 1 aliphatic rings. The maximum atomic E-state index is 11.1. The first-order chi connectivity index (χ1) is 8.74. The van der Waals surface area contributed by atoms with Crippen LogP contribution in [0.1, 0.15) is 12.0 Å². The van der Waals surface area contributed by atoms with Crippen molar-refractivity contribution >= 4 is 11.8 Å². The zero-order valence-corrected chi connectivity index (χ0v) is 10.2. The predicted molar refractivity (Wildman–Crippen MR) is 67.3 cm³/mol. The summed E-state index contributed by atoms with van der Waals surface area (Å²) in [7, 11) is 1.35. The second-order valence-corrected chi connectivity index (χ2v) is 4.20. The van der Waals surface area contributed by atoms with E-state index in [0.717, 1.165) is 18.7 Å². The number of methoxy groups -OCH3 is 1. The molecule has 1 aromatic rings. The summed E-state index contributed by atoms with van der Waals surface area (Å²) in [5, 5.41) is 11.8. The van der Waals surface area contributed by atoms with Gasteiger partial charge in [-0.25, -0.2) is 4.79 Å². The molecule has 1 fully saturated rings. The Labute approximate surface area is 106 Å². The highest BCUT2D eigenvalue weighted by Crippen LogP contribution is 2.23. The topological polar surface area (TPSA) is 65.4 Å². The van der Waals surface area contributed by atoms with Gasteiger partial charge in [0, 0.05) is 13.1 Å². The highest BCUT2D eigenvalue weighted by molar-refractivity contribution is 5.68. The van der Waals surface area contributed by atoms with Gasteiger partial charge in [0.15, 0.2) is 0 Å². The molecule has 2 rings (SSSR count). The molecule has 0 saturated carbocycles. The quantitative estimate of drug-likeness (QED) is 0.857. The number of hydrogen-bond acceptors (Lipinski definition) is 4. The number of amides is 1. The van der Waals surface area contributed by atoms with Crippen molar-refractivity contribution in [1.82, 2.24) is 5.32 Å². The van der Waals surface area contributed by atoms with Crippen molar-refractivity contribution in [2.75, 3.05) is 25.1 Å². The average Bonchev–Trinajstić information content (AvgIpc) is 2.86. The van der Waals surface area contributed by atoms with E-state index in [9.17, 15) is 4.79 Å². The van der Waals surface area contributed by atoms with E-state index in [1.54, 1.807) is 6.07 Å². The minimum absolute atomic E-state index is 0.0733. The number of hydrogen-bond donors (Lipinski definition) is 1. The first kappa shape index (κ1) is 12.2. The Bertz CT molecular complexity index is 481. The van der Waals surface area contributed by atoms with Crippen LogP contribution < -0.4 is 10.2 Å². The number of rotatable bonds is 2. The number of alkyl carbamates (subject to hydrolysis) is 1. The first-order valence-corrected chi connectivity index (χ1v) is 5.83. The number of carbonyl (C=O) groups is 1. The van der Waals surface area contributed by atoms with Gasteiger partial charge in [-0.15, -0.1) is 0 Å². The SMILES string of the molecule is COC(=O)NC1CCN(c2ccccc2C#N)C1. The number of nitriles is 1. The zero-order valence-electron chi connectivity index (χ0n) is 10.2. The summed E-state index contributed by atoms with van der Waals surface area (Å²) in [4.78, 5) is 13.2. The molecule has 0 aliphatic carbocycles. The molecule has 1 atom stereocenters. The summed E-state index contributed by atoms with van der Waals surface area (Å²) < 4.78 is 4.58. The van der Waals surface area contributed by atoms with Gasteiger partial charge in [-0.05, 0) is 18.6 Å². The summed E-state index contributed by atoms with van der Waals surface area (Å²) in [5.74, 6) is 0. The molecule has 0 radical (unpaired) electrons. The number of anilines is 1. The van der Waals surface area contributed by atoms with E-state index >= 15 is 0 Å². The van der Waals surface area contributed by atoms with Gasteiger partial charge < -0.3 is 15.0 Å². The molecule has 0 aromatic heterocycles. The Morgan fingerprint density at radius 3 is 3.06 bits per heavy atom. The fourth-order valence-corrected chi connectivity index (χ4v) is 2.17. The van der Waals surface area contributed by atoms with Gasteiger partial charge in [-0.1, -0.05) is 12.1 Å². The molecule has 1 unspecified atom stereocenters. The predicted octanol–water partition coefficient (Wildman–Crippen LogP) is 1.49. The van der Waals surface area contributed by atoms with Gasteiger partial charge >= 0.3 is 6.09 Å². The van der Waals surface area contributed by atoms with Crippen LogP contribution in [-0.4, -0.2) is 32.3 Å². The van der Waals surface area contributed by atoms with Crippen molar-refractivity contribution in [2.24, 2.45) is 0 Å². The van der Waals surface area contributed by atoms with Crippen LogP contribution in [0.2, 0.25) is 0 Å². The Morgan fingerprint density at radius 2 is 2.33 bits per heavy atom. The maximum Gasteiger partial charge on any atom is 0.407 e.